The summed E-state index contributed by atoms with van der Waals surface area (Å²) in [6, 6.07) is 6.22. The maximum Gasteiger partial charge on any atom is 0.219 e. The quantitative estimate of drug-likeness (QED) is 0.753. The Balaban J connectivity index is 2.26. The molecule has 0 bridgehead atoms. The first kappa shape index (κ1) is 11.5. The summed E-state index contributed by atoms with van der Waals surface area (Å²) < 4.78 is 18.2. The van der Waals surface area contributed by atoms with Crippen LogP contribution in [0.25, 0.3) is 0 Å². The zero-order chi connectivity index (χ0) is 11.1. The van der Waals surface area contributed by atoms with Crippen LogP contribution < -0.4 is 10.1 Å². The van der Waals surface area contributed by atoms with E-state index >= 15 is 0 Å². The maximum absolute atomic E-state index is 13.0. The van der Waals surface area contributed by atoms with E-state index < -0.39 is 0 Å². The average molecular weight is 211 g/mol. The Morgan fingerprint density at radius 1 is 1.47 bits per heavy atom. The highest BCUT2D eigenvalue weighted by molar-refractivity contribution is 5.75. The second-order valence-electron chi connectivity index (χ2n) is 3.06. The van der Waals surface area contributed by atoms with Crippen molar-refractivity contribution in [2.75, 3.05) is 13.7 Å². The van der Waals surface area contributed by atoms with Crippen molar-refractivity contribution in [3.05, 3.63) is 30.1 Å². The van der Waals surface area contributed by atoms with Crippen molar-refractivity contribution in [1.29, 1.82) is 0 Å². The first-order valence-corrected chi connectivity index (χ1v) is 4.82. The molecule has 1 amide bonds. The van der Waals surface area contributed by atoms with Crippen molar-refractivity contribution in [2.45, 2.75) is 12.8 Å². The fraction of sp³-hybridized carbons (Fsp3) is 0.364. The molecule has 3 nitrogen and oxygen atoms in total. The summed E-state index contributed by atoms with van der Waals surface area (Å²) in [6.45, 7) is 0.342. The molecule has 0 aliphatic rings. The van der Waals surface area contributed by atoms with Crippen molar-refractivity contribution in [2.24, 2.45) is 0 Å². The van der Waals surface area contributed by atoms with Gasteiger partial charge < -0.3 is 10.1 Å². The lowest BCUT2D eigenvalue weighted by molar-refractivity contribution is -0.120. The van der Waals surface area contributed by atoms with E-state index in [4.69, 9.17) is 4.74 Å². The van der Waals surface area contributed by atoms with E-state index in [1.54, 1.807) is 25.2 Å². The average Bonchev–Trinajstić information content (AvgIpc) is 2.26. The maximum atomic E-state index is 13.0. The number of amides is 1. The summed E-state index contributed by atoms with van der Waals surface area (Å²) in [6.07, 6.45) is 0.971. The Hall–Kier alpha value is -1.58. The third-order valence-corrected chi connectivity index (χ3v) is 1.92. The van der Waals surface area contributed by atoms with E-state index in [0.717, 1.165) is 0 Å². The largest absolute Gasteiger partial charge is 0.491 e. The first-order chi connectivity index (χ1) is 7.24. The van der Waals surface area contributed by atoms with E-state index in [1.807, 2.05) is 0 Å². The van der Waals surface area contributed by atoms with E-state index in [0.29, 0.717) is 19.4 Å². The normalized spacial score (nSPS) is 9.73. The highest BCUT2D eigenvalue weighted by atomic mass is 19.1. The molecule has 0 unspecified atom stereocenters. The van der Waals surface area contributed by atoms with Crippen LogP contribution in [0.5, 0.6) is 5.75 Å². The summed E-state index contributed by atoms with van der Waals surface area (Å²) in [7, 11) is 1.58. The highest BCUT2D eigenvalue weighted by Crippen LogP contribution is 2.15. The second-order valence-corrected chi connectivity index (χ2v) is 3.06. The minimum absolute atomic E-state index is 0.0351. The van der Waals surface area contributed by atoms with Crippen LogP contribution in [0.15, 0.2) is 24.3 Å². The van der Waals surface area contributed by atoms with Gasteiger partial charge in [-0.3, -0.25) is 4.79 Å². The molecule has 0 saturated heterocycles. The van der Waals surface area contributed by atoms with Crippen LogP contribution in [-0.4, -0.2) is 19.6 Å². The number of carbonyl (C=O) groups excluding carboxylic acids is 1. The molecule has 82 valence electrons. The van der Waals surface area contributed by atoms with Crippen molar-refractivity contribution in [3.63, 3.8) is 0 Å². The molecule has 0 aliphatic carbocycles. The van der Waals surface area contributed by atoms with E-state index in [2.05, 4.69) is 5.32 Å². The Labute approximate surface area is 88.2 Å². The number of para-hydroxylation sites is 1. The lowest BCUT2D eigenvalue weighted by Gasteiger charge is -2.06. The number of nitrogens with one attached hydrogen (secondary N) is 1. The molecule has 0 heterocycles. The predicted molar refractivity (Wildman–Crippen MR) is 55.2 cm³/mol. The topological polar surface area (TPSA) is 38.3 Å². The van der Waals surface area contributed by atoms with Crippen LogP contribution in [0.1, 0.15) is 12.8 Å². The smallest absolute Gasteiger partial charge is 0.219 e. The molecule has 15 heavy (non-hydrogen) atoms. The molecule has 0 aromatic heterocycles. The van der Waals surface area contributed by atoms with Gasteiger partial charge in [-0.05, 0) is 18.6 Å². The van der Waals surface area contributed by atoms with E-state index in [1.165, 1.54) is 6.07 Å². The third kappa shape index (κ3) is 3.97. The van der Waals surface area contributed by atoms with Crippen molar-refractivity contribution < 1.29 is 13.9 Å². The lowest BCUT2D eigenvalue weighted by Crippen LogP contribution is -2.18. The summed E-state index contributed by atoms with van der Waals surface area (Å²) in [5.74, 6) is -0.181. The number of benzene rings is 1. The molecule has 0 saturated carbocycles. The van der Waals surface area contributed by atoms with Gasteiger partial charge in [0, 0.05) is 13.5 Å². The van der Waals surface area contributed by atoms with Crippen LogP contribution in [0, 0.1) is 5.82 Å². The molecule has 0 fully saturated rings. The van der Waals surface area contributed by atoms with Crippen molar-refractivity contribution >= 4 is 5.91 Å². The van der Waals surface area contributed by atoms with Gasteiger partial charge in [-0.1, -0.05) is 12.1 Å². The van der Waals surface area contributed by atoms with E-state index in [9.17, 15) is 9.18 Å². The summed E-state index contributed by atoms with van der Waals surface area (Å²) >= 11 is 0. The van der Waals surface area contributed by atoms with E-state index in [-0.39, 0.29) is 17.5 Å². The van der Waals surface area contributed by atoms with Gasteiger partial charge in [0.25, 0.3) is 0 Å². The Bertz CT molecular complexity index is 328. The van der Waals surface area contributed by atoms with Crippen LogP contribution in [0.2, 0.25) is 0 Å². The predicted octanol–water partition coefficient (Wildman–Crippen LogP) is 1.73. The second kappa shape index (κ2) is 6.01. The monoisotopic (exact) mass is 211 g/mol. The molecule has 1 aromatic carbocycles. The number of halogens is 1. The molecule has 1 N–H and O–H groups in total. The van der Waals surface area contributed by atoms with Crippen molar-refractivity contribution in [1.82, 2.24) is 5.32 Å². The van der Waals surface area contributed by atoms with Crippen LogP contribution in [0.3, 0.4) is 0 Å². The molecule has 0 atom stereocenters. The van der Waals surface area contributed by atoms with Gasteiger partial charge in [0.2, 0.25) is 5.91 Å². The number of ether oxygens (including phenoxy) is 1. The molecule has 0 aliphatic heterocycles. The fourth-order valence-corrected chi connectivity index (χ4v) is 1.10. The van der Waals surface area contributed by atoms with Gasteiger partial charge in [0.05, 0.1) is 6.61 Å². The molecule has 0 radical (unpaired) electrons. The molecular formula is C11H14FNO2. The molecule has 0 spiro atoms. The Morgan fingerprint density at radius 2 is 2.20 bits per heavy atom. The fourth-order valence-electron chi connectivity index (χ4n) is 1.10. The summed E-state index contributed by atoms with van der Waals surface area (Å²) in [5.41, 5.74) is 0. The number of carbonyl (C=O) groups is 1. The Kier molecular flexibility index (Phi) is 4.60. The lowest BCUT2D eigenvalue weighted by atomic mass is 10.3. The van der Waals surface area contributed by atoms with Gasteiger partial charge in [-0.15, -0.1) is 0 Å². The summed E-state index contributed by atoms with van der Waals surface area (Å²) in [5, 5.41) is 2.51. The molecular weight excluding hydrogens is 197 g/mol. The van der Waals surface area contributed by atoms with Crippen molar-refractivity contribution in [3.8, 4) is 5.75 Å². The molecule has 1 aromatic rings. The highest BCUT2D eigenvalue weighted by Gasteiger charge is 2.02. The zero-order valence-electron chi connectivity index (χ0n) is 8.63. The summed E-state index contributed by atoms with van der Waals surface area (Å²) in [4.78, 5) is 10.8. The number of rotatable bonds is 5. The minimum atomic E-state index is -0.377. The Morgan fingerprint density at radius 3 is 2.87 bits per heavy atom. The van der Waals surface area contributed by atoms with Gasteiger partial charge in [0.1, 0.15) is 0 Å². The standard InChI is InChI=1S/C11H14FNO2/c1-13-11(14)7-4-8-15-10-6-3-2-5-9(10)12/h2-3,5-6H,4,7-8H2,1H3,(H,13,14). The van der Waals surface area contributed by atoms with Crippen LogP contribution in [0.4, 0.5) is 4.39 Å². The zero-order valence-corrected chi connectivity index (χ0v) is 8.63. The molecule has 1 rings (SSSR count). The number of hydrogen-bond donors (Lipinski definition) is 1. The minimum Gasteiger partial charge on any atom is -0.491 e. The first-order valence-electron chi connectivity index (χ1n) is 4.82. The number of hydrogen-bond acceptors (Lipinski definition) is 2. The third-order valence-electron chi connectivity index (χ3n) is 1.92. The van der Waals surface area contributed by atoms with Gasteiger partial charge in [-0.2, -0.15) is 0 Å². The SMILES string of the molecule is CNC(=O)CCCOc1ccccc1F. The van der Waals surface area contributed by atoms with Crippen LogP contribution in [-0.2, 0) is 4.79 Å². The molecule has 4 heteroatoms. The van der Waals surface area contributed by atoms with Gasteiger partial charge in [-0.25, -0.2) is 4.39 Å². The van der Waals surface area contributed by atoms with Gasteiger partial charge in [0.15, 0.2) is 11.6 Å². The van der Waals surface area contributed by atoms with Gasteiger partial charge >= 0.3 is 0 Å². The van der Waals surface area contributed by atoms with Crippen LogP contribution >= 0.6 is 0 Å².